The quantitative estimate of drug-likeness (QED) is 0.380. The Labute approximate surface area is 179 Å². The third-order valence-corrected chi connectivity index (χ3v) is 4.77. The van der Waals surface area contributed by atoms with Crippen LogP contribution in [0.3, 0.4) is 0 Å². The van der Waals surface area contributed by atoms with Gasteiger partial charge in [0, 0.05) is 11.9 Å². The number of nitrogens with zero attached hydrogens (tertiary/aromatic N) is 2. The molecule has 0 atom stereocenters. The number of fused-ring (bicyclic) bond motifs is 1. The number of aromatic hydroxyl groups is 2. The molecule has 8 nitrogen and oxygen atoms in total. The number of para-hydroxylation sites is 1. The molecule has 1 aromatic heterocycles. The third-order valence-electron chi connectivity index (χ3n) is 4.77. The molecular formula is C23H25N3O5. The molecule has 1 heterocycles. The Morgan fingerprint density at radius 2 is 1.97 bits per heavy atom. The van der Waals surface area contributed by atoms with Gasteiger partial charge >= 0.3 is 0 Å². The zero-order valence-corrected chi connectivity index (χ0v) is 17.5. The van der Waals surface area contributed by atoms with Gasteiger partial charge < -0.3 is 19.5 Å². The van der Waals surface area contributed by atoms with Gasteiger partial charge in [0.15, 0.2) is 11.5 Å². The van der Waals surface area contributed by atoms with Crippen LogP contribution in [0.4, 0.5) is 0 Å². The number of aromatic nitrogens is 1. The predicted octanol–water partition coefficient (Wildman–Crippen LogP) is 3.38. The van der Waals surface area contributed by atoms with Crippen molar-refractivity contribution < 1.29 is 19.7 Å². The first-order chi connectivity index (χ1) is 15.0. The monoisotopic (exact) mass is 423 g/mol. The summed E-state index contributed by atoms with van der Waals surface area (Å²) in [5, 5.41) is 24.7. The smallest absolute Gasteiger partial charge is 0.280 e. The van der Waals surface area contributed by atoms with Crippen molar-refractivity contribution in [2.24, 2.45) is 5.10 Å². The highest BCUT2D eigenvalue weighted by atomic mass is 16.5. The van der Waals surface area contributed by atoms with E-state index in [-0.39, 0.29) is 17.1 Å². The second kappa shape index (κ2) is 9.80. The molecule has 3 aromatic rings. The lowest BCUT2D eigenvalue weighted by Crippen LogP contribution is -2.31. The number of benzene rings is 2. The van der Waals surface area contributed by atoms with Crippen molar-refractivity contribution in [3.05, 3.63) is 63.9 Å². The van der Waals surface area contributed by atoms with E-state index in [1.54, 1.807) is 43.3 Å². The number of phenols is 1. The van der Waals surface area contributed by atoms with Gasteiger partial charge in [-0.25, -0.2) is 5.43 Å². The fraction of sp³-hybridized carbons (Fsp3) is 0.261. The van der Waals surface area contributed by atoms with Crippen molar-refractivity contribution in [1.29, 1.82) is 0 Å². The van der Waals surface area contributed by atoms with E-state index in [2.05, 4.69) is 10.5 Å². The van der Waals surface area contributed by atoms with Crippen molar-refractivity contribution >= 4 is 23.0 Å². The van der Waals surface area contributed by atoms with E-state index in [9.17, 15) is 19.8 Å². The number of hydrogen-bond acceptors (Lipinski definition) is 6. The van der Waals surface area contributed by atoms with Crippen LogP contribution >= 0.6 is 0 Å². The molecule has 0 spiro atoms. The van der Waals surface area contributed by atoms with Gasteiger partial charge in [0.25, 0.3) is 11.5 Å². The van der Waals surface area contributed by atoms with Crippen LogP contribution in [0.15, 0.2) is 52.4 Å². The molecule has 162 valence electrons. The second-order valence-corrected chi connectivity index (χ2v) is 6.91. The van der Waals surface area contributed by atoms with Crippen LogP contribution in [0.1, 0.15) is 42.6 Å². The van der Waals surface area contributed by atoms with Gasteiger partial charge in [-0.1, -0.05) is 25.5 Å². The summed E-state index contributed by atoms with van der Waals surface area (Å²) in [7, 11) is 0. The van der Waals surface area contributed by atoms with Gasteiger partial charge in [-0.05, 0) is 49.2 Å². The molecule has 1 amide bonds. The van der Waals surface area contributed by atoms with Gasteiger partial charge in [-0.3, -0.25) is 9.59 Å². The summed E-state index contributed by atoms with van der Waals surface area (Å²) in [4.78, 5) is 25.7. The lowest BCUT2D eigenvalue weighted by Gasteiger charge is -2.14. The number of nitrogens with one attached hydrogen (secondary N) is 1. The Balaban J connectivity index is 1.91. The summed E-state index contributed by atoms with van der Waals surface area (Å²) in [6.07, 6.45) is 2.99. The number of hydrogen-bond donors (Lipinski definition) is 3. The summed E-state index contributed by atoms with van der Waals surface area (Å²) in [5.41, 5.74) is 2.52. The number of phenolic OH excluding ortho intramolecular Hbond substituents is 1. The predicted molar refractivity (Wildman–Crippen MR) is 119 cm³/mol. The van der Waals surface area contributed by atoms with Gasteiger partial charge in [-0.2, -0.15) is 5.10 Å². The Kier molecular flexibility index (Phi) is 6.92. The van der Waals surface area contributed by atoms with E-state index in [0.717, 1.165) is 12.8 Å². The normalized spacial score (nSPS) is 11.2. The Morgan fingerprint density at radius 1 is 1.19 bits per heavy atom. The number of aryl methyl sites for hydroxylation is 1. The Hall–Kier alpha value is -3.81. The van der Waals surface area contributed by atoms with E-state index < -0.39 is 11.5 Å². The van der Waals surface area contributed by atoms with E-state index in [1.165, 1.54) is 16.8 Å². The van der Waals surface area contributed by atoms with Gasteiger partial charge in [0.05, 0.1) is 18.3 Å². The number of ether oxygens (including phenoxy) is 1. The SMILES string of the molecule is CCCCn1c(=O)c(C(=O)N/N=C\c2ccc(O)c(OCC)c2)c(O)c2ccccc21. The minimum absolute atomic E-state index is 0.00301. The number of pyridine rings is 1. The molecule has 3 rings (SSSR count). The van der Waals surface area contributed by atoms with Crippen molar-refractivity contribution in [1.82, 2.24) is 9.99 Å². The minimum Gasteiger partial charge on any atom is -0.506 e. The van der Waals surface area contributed by atoms with Crippen LogP contribution in [0, 0.1) is 0 Å². The molecule has 2 aromatic carbocycles. The molecule has 31 heavy (non-hydrogen) atoms. The van der Waals surface area contributed by atoms with E-state index in [1.807, 2.05) is 6.92 Å². The van der Waals surface area contributed by atoms with Gasteiger partial charge in [0.1, 0.15) is 11.3 Å². The topological polar surface area (TPSA) is 113 Å². The average molecular weight is 423 g/mol. The van der Waals surface area contributed by atoms with Crippen molar-refractivity contribution in [3.63, 3.8) is 0 Å². The average Bonchev–Trinajstić information content (AvgIpc) is 2.76. The van der Waals surface area contributed by atoms with Gasteiger partial charge in [-0.15, -0.1) is 0 Å². The first-order valence-corrected chi connectivity index (χ1v) is 10.1. The molecule has 0 aliphatic carbocycles. The maximum Gasteiger partial charge on any atom is 0.280 e. The highest BCUT2D eigenvalue weighted by Gasteiger charge is 2.21. The standard InChI is InChI=1S/C23H25N3O5/c1-3-5-12-26-17-9-7-6-8-16(17)21(28)20(23(26)30)22(29)25-24-14-15-10-11-18(27)19(13-15)31-4-2/h6-11,13-14,27-28H,3-5,12H2,1-2H3,(H,25,29)/b24-14-. The molecule has 0 saturated carbocycles. The first kappa shape index (κ1) is 21.9. The fourth-order valence-corrected chi connectivity index (χ4v) is 3.24. The summed E-state index contributed by atoms with van der Waals surface area (Å²) in [6, 6.07) is 11.5. The highest BCUT2D eigenvalue weighted by molar-refractivity contribution is 6.02. The van der Waals surface area contributed by atoms with E-state index in [0.29, 0.717) is 35.4 Å². The van der Waals surface area contributed by atoms with Crippen LogP contribution in [-0.2, 0) is 6.54 Å². The summed E-state index contributed by atoms with van der Waals surface area (Å²) < 4.78 is 6.82. The third kappa shape index (κ3) is 4.69. The van der Waals surface area contributed by atoms with Crippen molar-refractivity contribution in [2.45, 2.75) is 33.2 Å². The molecule has 0 aliphatic rings. The maximum atomic E-state index is 13.0. The highest BCUT2D eigenvalue weighted by Crippen LogP contribution is 2.27. The second-order valence-electron chi connectivity index (χ2n) is 6.91. The molecule has 0 unspecified atom stereocenters. The molecule has 3 N–H and O–H groups in total. The molecule has 0 aliphatic heterocycles. The lowest BCUT2D eigenvalue weighted by atomic mass is 10.1. The molecule has 0 bridgehead atoms. The molecular weight excluding hydrogens is 398 g/mol. The van der Waals surface area contributed by atoms with E-state index in [4.69, 9.17) is 4.74 Å². The number of rotatable bonds is 8. The van der Waals surface area contributed by atoms with Gasteiger partial charge in [0.2, 0.25) is 0 Å². The fourth-order valence-electron chi connectivity index (χ4n) is 3.24. The largest absolute Gasteiger partial charge is 0.506 e. The van der Waals surface area contributed by atoms with Crippen molar-refractivity contribution in [2.75, 3.05) is 6.61 Å². The summed E-state index contributed by atoms with van der Waals surface area (Å²) in [6.45, 7) is 4.63. The number of carbonyl (C=O) groups is 1. The summed E-state index contributed by atoms with van der Waals surface area (Å²) >= 11 is 0. The maximum absolute atomic E-state index is 13.0. The van der Waals surface area contributed by atoms with Crippen LogP contribution in [0.5, 0.6) is 17.2 Å². The number of amides is 1. The molecule has 0 fully saturated rings. The Bertz CT molecular complexity index is 1180. The van der Waals surface area contributed by atoms with Crippen LogP contribution < -0.4 is 15.7 Å². The molecule has 8 heteroatoms. The first-order valence-electron chi connectivity index (χ1n) is 10.1. The Morgan fingerprint density at radius 3 is 2.71 bits per heavy atom. The minimum atomic E-state index is -0.807. The lowest BCUT2D eigenvalue weighted by molar-refractivity contribution is 0.0950. The molecule has 0 radical (unpaired) electrons. The number of hydrazone groups is 1. The summed E-state index contributed by atoms with van der Waals surface area (Å²) in [5.74, 6) is -0.886. The van der Waals surface area contributed by atoms with E-state index >= 15 is 0 Å². The van der Waals surface area contributed by atoms with Crippen LogP contribution in [0.25, 0.3) is 10.9 Å². The van der Waals surface area contributed by atoms with Crippen LogP contribution in [-0.4, -0.2) is 33.5 Å². The number of carbonyl (C=O) groups excluding carboxylic acids is 1. The number of unbranched alkanes of at least 4 members (excludes halogenated alkanes) is 1. The zero-order valence-electron chi connectivity index (χ0n) is 17.5. The van der Waals surface area contributed by atoms with Crippen molar-refractivity contribution in [3.8, 4) is 17.2 Å². The van der Waals surface area contributed by atoms with Crippen LogP contribution in [0.2, 0.25) is 0 Å². The zero-order chi connectivity index (χ0) is 22.4. The molecule has 0 saturated heterocycles.